The number of nitrogens with zero attached hydrogens (tertiary/aromatic N) is 4. The minimum atomic E-state index is 0.185. The van der Waals surface area contributed by atoms with Gasteiger partial charge in [-0.25, -0.2) is 4.98 Å². The molecule has 8 heteroatoms. The highest BCUT2D eigenvalue weighted by Gasteiger charge is 2.14. The summed E-state index contributed by atoms with van der Waals surface area (Å²) in [6.45, 7) is 4.67. The molecule has 0 aliphatic rings. The summed E-state index contributed by atoms with van der Waals surface area (Å²) in [6.07, 6.45) is 1.75. The van der Waals surface area contributed by atoms with Gasteiger partial charge in [-0.2, -0.15) is 9.97 Å². The molecular formula is C17H20ClN5O2. The molecule has 1 aromatic carbocycles. The molecule has 0 unspecified atom stereocenters. The molecule has 0 saturated carbocycles. The summed E-state index contributed by atoms with van der Waals surface area (Å²) >= 11 is 6.09. The maximum atomic E-state index is 6.09. The first-order valence-corrected chi connectivity index (χ1v) is 8.26. The van der Waals surface area contributed by atoms with Crippen LogP contribution in [-0.4, -0.2) is 33.7 Å². The van der Waals surface area contributed by atoms with E-state index in [4.69, 9.17) is 21.1 Å². The van der Waals surface area contributed by atoms with Crippen LogP contribution in [0.2, 0.25) is 5.28 Å². The van der Waals surface area contributed by atoms with Gasteiger partial charge >= 0.3 is 0 Å². The van der Waals surface area contributed by atoms with Crippen molar-refractivity contribution in [2.45, 2.75) is 26.4 Å². The summed E-state index contributed by atoms with van der Waals surface area (Å²) in [4.78, 5) is 13.0. The fraction of sp³-hybridized carbons (Fsp3) is 0.353. The molecule has 1 N–H and O–H groups in total. The number of aromatic nitrogens is 4. The van der Waals surface area contributed by atoms with Crippen molar-refractivity contribution < 1.29 is 9.47 Å². The van der Waals surface area contributed by atoms with E-state index in [0.717, 1.165) is 5.56 Å². The van der Waals surface area contributed by atoms with E-state index in [1.165, 1.54) is 0 Å². The van der Waals surface area contributed by atoms with E-state index in [2.05, 4.69) is 34.1 Å². The number of rotatable bonds is 6. The van der Waals surface area contributed by atoms with Gasteiger partial charge in [-0.1, -0.05) is 6.07 Å². The standard InChI is InChI=1S/C17H20ClN5O2/c1-10(2)23-9-20-14-15(21-17(18)22-16(14)23)19-8-11-5-6-12(24-3)13(7-11)25-4/h5-7,9-10H,8H2,1-4H3,(H,19,21,22). The Balaban J connectivity index is 1.89. The number of ether oxygens (including phenoxy) is 2. The van der Waals surface area contributed by atoms with Crippen LogP contribution in [0.5, 0.6) is 11.5 Å². The van der Waals surface area contributed by atoms with E-state index in [9.17, 15) is 0 Å². The summed E-state index contributed by atoms with van der Waals surface area (Å²) < 4.78 is 12.6. The third-order valence-electron chi connectivity index (χ3n) is 3.86. The van der Waals surface area contributed by atoms with Gasteiger partial charge in [-0.3, -0.25) is 0 Å². The highest BCUT2D eigenvalue weighted by atomic mass is 35.5. The number of hydrogen-bond acceptors (Lipinski definition) is 6. The van der Waals surface area contributed by atoms with Crippen LogP contribution < -0.4 is 14.8 Å². The van der Waals surface area contributed by atoms with Crippen LogP contribution in [0.4, 0.5) is 5.82 Å². The zero-order valence-corrected chi connectivity index (χ0v) is 15.3. The molecule has 0 saturated heterocycles. The molecule has 0 bridgehead atoms. The summed E-state index contributed by atoms with van der Waals surface area (Å²) in [5.41, 5.74) is 2.42. The Bertz CT molecular complexity index is 894. The fourth-order valence-corrected chi connectivity index (χ4v) is 2.73. The van der Waals surface area contributed by atoms with Gasteiger partial charge in [0, 0.05) is 12.6 Å². The van der Waals surface area contributed by atoms with Crippen molar-refractivity contribution in [2.24, 2.45) is 0 Å². The van der Waals surface area contributed by atoms with Gasteiger partial charge in [0.15, 0.2) is 28.5 Å². The lowest BCUT2D eigenvalue weighted by Crippen LogP contribution is -2.05. The van der Waals surface area contributed by atoms with Crippen molar-refractivity contribution in [1.82, 2.24) is 19.5 Å². The average molecular weight is 362 g/mol. The molecular weight excluding hydrogens is 342 g/mol. The topological polar surface area (TPSA) is 74.1 Å². The molecule has 3 aromatic rings. The second-order valence-electron chi connectivity index (χ2n) is 5.80. The number of nitrogens with one attached hydrogen (secondary N) is 1. The SMILES string of the molecule is COc1ccc(CNc2nc(Cl)nc3c2ncn3C(C)C)cc1OC. The Morgan fingerprint density at radius 1 is 1.16 bits per heavy atom. The van der Waals surface area contributed by atoms with Crippen molar-refractivity contribution in [2.75, 3.05) is 19.5 Å². The van der Waals surface area contributed by atoms with Crippen LogP contribution in [0.3, 0.4) is 0 Å². The lowest BCUT2D eigenvalue weighted by Gasteiger charge is -2.11. The van der Waals surface area contributed by atoms with Crippen LogP contribution in [0.25, 0.3) is 11.2 Å². The second kappa shape index (κ2) is 7.14. The first-order valence-electron chi connectivity index (χ1n) is 7.88. The van der Waals surface area contributed by atoms with Crippen LogP contribution >= 0.6 is 11.6 Å². The summed E-state index contributed by atoms with van der Waals surface area (Å²) in [5, 5.41) is 3.46. The Labute approximate surface area is 151 Å². The van der Waals surface area contributed by atoms with Crippen molar-refractivity contribution in [3.8, 4) is 11.5 Å². The Morgan fingerprint density at radius 2 is 1.92 bits per heavy atom. The van der Waals surface area contributed by atoms with Crippen LogP contribution in [0.15, 0.2) is 24.5 Å². The molecule has 0 spiro atoms. The molecule has 0 fully saturated rings. The first kappa shape index (κ1) is 17.3. The number of anilines is 1. The molecule has 2 heterocycles. The van der Waals surface area contributed by atoms with Gasteiger partial charge in [-0.05, 0) is 43.1 Å². The third-order valence-corrected chi connectivity index (χ3v) is 4.03. The molecule has 3 rings (SSSR count). The van der Waals surface area contributed by atoms with E-state index >= 15 is 0 Å². The van der Waals surface area contributed by atoms with Crippen molar-refractivity contribution in [3.05, 3.63) is 35.4 Å². The molecule has 0 amide bonds. The molecule has 0 aliphatic carbocycles. The predicted molar refractivity (Wildman–Crippen MR) is 97.6 cm³/mol. The van der Waals surface area contributed by atoms with Crippen molar-refractivity contribution in [3.63, 3.8) is 0 Å². The second-order valence-corrected chi connectivity index (χ2v) is 6.14. The lowest BCUT2D eigenvalue weighted by molar-refractivity contribution is 0.354. The zero-order chi connectivity index (χ0) is 18.0. The number of methoxy groups -OCH3 is 2. The third kappa shape index (κ3) is 3.46. The number of halogens is 1. The van der Waals surface area contributed by atoms with Crippen LogP contribution in [0, 0.1) is 0 Å². The maximum Gasteiger partial charge on any atom is 0.226 e. The quantitative estimate of drug-likeness (QED) is 0.675. The molecule has 132 valence electrons. The molecule has 0 radical (unpaired) electrons. The van der Waals surface area contributed by atoms with Gasteiger partial charge in [0.25, 0.3) is 0 Å². The minimum Gasteiger partial charge on any atom is -0.493 e. The van der Waals surface area contributed by atoms with Crippen LogP contribution in [-0.2, 0) is 6.54 Å². The fourth-order valence-electron chi connectivity index (χ4n) is 2.57. The highest BCUT2D eigenvalue weighted by molar-refractivity contribution is 6.28. The van der Waals surface area contributed by atoms with E-state index in [0.29, 0.717) is 35.0 Å². The van der Waals surface area contributed by atoms with Gasteiger partial charge in [0.2, 0.25) is 5.28 Å². The van der Waals surface area contributed by atoms with Gasteiger partial charge in [-0.15, -0.1) is 0 Å². The van der Waals surface area contributed by atoms with Crippen molar-refractivity contribution >= 4 is 28.6 Å². The van der Waals surface area contributed by atoms with Crippen molar-refractivity contribution in [1.29, 1.82) is 0 Å². The summed E-state index contributed by atoms with van der Waals surface area (Å²) in [5.74, 6) is 1.97. The zero-order valence-electron chi connectivity index (χ0n) is 14.6. The van der Waals surface area contributed by atoms with E-state index in [1.807, 2.05) is 22.8 Å². The van der Waals surface area contributed by atoms with E-state index in [-0.39, 0.29) is 11.3 Å². The number of fused-ring (bicyclic) bond motifs is 1. The minimum absolute atomic E-state index is 0.185. The lowest BCUT2D eigenvalue weighted by atomic mass is 10.2. The van der Waals surface area contributed by atoms with Gasteiger partial charge in [0.1, 0.15) is 0 Å². The Kier molecular flexibility index (Phi) is 4.94. The summed E-state index contributed by atoms with van der Waals surface area (Å²) in [7, 11) is 3.22. The molecule has 7 nitrogen and oxygen atoms in total. The maximum absolute atomic E-state index is 6.09. The first-order chi connectivity index (χ1) is 12.0. The van der Waals surface area contributed by atoms with Gasteiger partial charge < -0.3 is 19.4 Å². The van der Waals surface area contributed by atoms with Gasteiger partial charge in [0.05, 0.1) is 20.5 Å². The number of hydrogen-bond donors (Lipinski definition) is 1. The van der Waals surface area contributed by atoms with E-state index in [1.54, 1.807) is 20.5 Å². The van der Waals surface area contributed by atoms with E-state index < -0.39 is 0 Å². The molecule has 25 heavy (non-hydrogen) atoms. The predicted octanol–water partition coefficient (Wildman–Crippen LogP) is 3.69. The summed E-state index contributed by atoms with van der Waals surface area (Å²) in [6, 6.07) is 5.97. The monoisotopic (exact) mass is 361 g/mol. The number of benzene rings is 1. The highest BCUT2D eigenvalue weighted by Crippen LogP contribution is 2.28. The smallest absolute Gasteiger partial charge is 0.226 e. The average Bonchev–Trinajstić information content (AvgIpc) is 3.03. The largest absolute Gasteiger partial charge is 0.493 e. The van der Waals surface area contributed by atoms with Crippen LogP contribution in [0.1, 0.15) is 25.5 Å². The normalized spacial score (nSPS) is 11.1. The molecule has 0 aliphatic heterocycles. The number of imidazole rings is 1. The molecule has 2 aromatic heterocycles. The molecule has 0 atom stereocenters. The Morgan fingerprint density at radius 3 is 2.60 bits per heavy atom. The Hall–Kier alpha value is -2.54.